The van der Waals surface area contributed by atoms with Crippen LogP contribution in [0.5, 0.6) is 0 Å². The van der Waals surface area contributed by atoms with E-state index in [1.54, 1.807) is 29.2 Å². The highest BCUT2D eigenvalue weighted by molar-refractivity contribution is 6.30. The van der Waals surface area contributed by atoms with Crippen LogP contribution in [-0.4, -0.2) is 20.0 Å². The number of halogens is 1. The third kappa shape index (κ3) is 1.98. The van der Waals surface area contributed by atoms with E-state index in [9.17, 15) is 0 Å². The molecule has 0 spiro atoms. The second kappa shape index (κ2) is 4.58. The highest BCUT2D eigenvalue weighted by Gasteiger charge is 2.09. The summed E-state index contributed by atoms with van der Waals surface area (Å²) >= 11 is 5.97. The van der Waals surface area contributed by atoms with Crippen molar-refractivity contribution < 1.29 is 0 Å². The van der Waals surface area contributed by atoms with Crippen LogP contribution in [0.25, 0.3) is 17.1 Å². The molecule has 3 rings (SSSR count). The molecule has 88 valence electrons. The van der Waals surface area contributed by atoms with Crippen LogP contribution in [0.15, 0.2) is 54.9 Å². The molecule has 0 N–H and O–H groups in total. The van der Waals surface area contributed by atoms with Gasteiger partial charge in [-0.15, -0.1) is 5.10 Å². The maximum atomic E-state index is 5.97. The van der Waals surface area contributed by atoms with E-state index in [1.165, 1.54) is 0 Å². The summed E-state index contributed by atoms with van der Waals surface area (Å²) in [6.45, 7) is 0. The molecule has 5 heteroatoms. The smallest absolute Gasteiger partial charge is 0.113 e. The minimum absolute atomic E-state index is 0.640. The van der Waals surface area contributed by atoms with Gasteiger partial charge in [-0.25, -0.2) is 4.68 Å². The molecule has 0 amide bonds. The van der Waals surface area contributed by atoms with Gasteiger partial charge in [0.05, 0.1) is 17.6 Å². The van der Waals surface area contributed by atoms with E-state index in [1.807, 2.05) is 30.3 Å². The number of hydrogen-bond donors (Lipinski definition) is 0. The third-order valence-corrected chi connectivity index (χ3v) is 2.77. The zero-order valence-corrected chi connectivity index (χ0v) is 10.1. The van der Waals surface area contributed by atoms with E-state index in [-0.39, 0.29) is 0 Å². The fraction of sp³-hybridized carbons (Fsp3) is 0. The Balaban J connectivity index is 2.13. The number of rotatable bonds is 2. The molecule has 3 aromatic rings. The molecule has 0 aliphatic heterocycles. The summed E-state index contributed by atoms with van der Waals surface area (Å²) in [5.74, 6) is 0. The van der Waals surface area contributed by atoms with E-state index >= 15 is 0 Å². The van der Waals surface area contributed by atoms with Crippen molar-refractivity contribution in [3.05, 3.63) is 59.9 Å². The first-order chi connectivity index (χ1) is 8.84. The minimum Gasteiger partial charge on any atom is -0.254 e. The Bertz CT molecular complexity index is 664. The quantitative estimate of drug-likeness (QED) is 0.708. The Hall–Kier alpha value is -2.20. The Labute approximate surface area is 109 Å². The van der Waals surface area contributed by atoms with Crippen molar-refractivity contribution in [3.8, 4) is 17.1 Å². The molecule has 0 aliphatic carbocycles. The van der Waals surface area contributed by atoms with E-state index in [4.69, 9.17) is 11.6 Å². The second-order valence-electron chi connectivity index (χ2n) is 3.73. The fourth-order valence-corrected chi connectivity index (χ4v) is 1.87. The molecule has 0 bridgehead atoms. The van der Waals surface area contributed by atoms with Gasteiger partial charge in [-0.3, -0.25) is 4.98 Å². The standard InChI is InChI=1S/C13H9ClN4/c14-10-6-7-15-12(8-10)13-9-16-17-18(13)11-4-2-1-3-5-11/h1-9H. The number of para-hydroxylation sites is 1. The SMILES string of the molecule is Clc1ccnc(-c2cnnn2-c2ccccc2)c1. The molecular weight excluding hydrogens is 248 g/mol. The van der Waals surface area contributed by atoms with Crippen molar-refractivity contribution in [1.29, 1.82) is 0 Å². The molecule has 0 fully saturated rings. The van der Waals surface area contributed by atoms with Gasteiger partial charge in [0.1, 0.15) is 5.69 Å². The Morgan fingerprint density at radius 1 is 1.06 bits per heavy atom. The van der Waals surface area contributed by atoms with Gasteiger partial charge in [-0.05, 0) is 24.3 Å². The molecule has 0 saturated carbocycles. The van der Waals surface area contributed by atoms with Crippen molar-refractivity contribution in [2.24, 2.45) is 0 Å². The predicted molar refractivity (Wildman–Crippen MR) is 69.6 cm³/mol. The van der Waals surface area contributed by atoms with Gasteiger partial charge >= 0.3 is 0 Å². The van der Waals surface area contributed by atoms with Crippen LogP contribution >= 0.6 is 11.6 Å². The number of nitrogens with zero attached hydrogens (tertiary/aromatic N) is 4. The first kappa shape index (κ1) is 10.9. The lowest BCUT2D eigenvalue weighted by molar-refractivity contribution is 0.806. The average Bonchev–Trinajstić information content (AvgIpc) is 2.89. The van der Waals surface area contributed by atoms with Gasteiger partial charge < -0.3 is 0 Å². The molecule has 0 radical (unpaired) electrons. The molecule has 0 unspecified atom stereocenters. The van der Waals surface area contributed by atoms with Crippen molar-refractivity contribution in [2.45, 2.75) is 0 Å². The lowest BCUT2D eigenvalue weighted by atomic mass is 10.2. The minimum atomic E-state index is 0.640. The van der Waals surface area contributed by atoms with Crippen molar-refractivity contribution >= 4 is 11.6 Å². The number of hydrogen-bond acceptors (Lipinski definition) is 3. The molecule has 1 aromatic carbocycles. The first-order valence-electron chi connectivity index (χ1n) is 5.42. The molecule has 18 heavy (non-hydrogen) atoms. The van der Waals surface area contributed by atoms with E-state index in [0.29, 0.717) is 5.02 Å². The van der Waals surface area contributed by atoms with E-state index in [2.05, 4.69) is 15.3 Å². The van der Waals surface area contributed by atoms with Crippen molar-refractivity contribution in [1.82, 2.24) is 20.0 Å². The fourth-order valence-electron chi connectivity index (χ4n) is 1.71. The molecule has 0 atom stereocenters. The summed E-state index contributed by atoms with van der Waals surface area (Å²) in [5.41, 5.74) is 2.49. The van der Waals surface area contributed by atoms with Crippen LogP contribution < -0.4 is 0 Å². The molecule has 4 nitrogen and oxygen atoms in total. The maximum Gasteiger partial charge on any atom is 0.113 e. The van der Waals surface area contributed by atoms with E-state index < -0.39 is 0 Å². The molecule has 0 saturated heterocycles. The van der Waals surface area contributed by atoms with Gasteiger partial charge in [0.2, 0.25) is 0 Å². The largest absolute Gasteiger partial charge is 0.254 e. The third-order valence-electron chi connectivity index (χ3n) is 2.53. The lowest BCUT2D eigenvalue weighted by Gasteiger charge is -2.05. The highest BCUT2D eigenvalue weighted by atomic mass is 35.5. The molecule has 2 aromatic heterocycles. The van der Waals surface area contributed by atoms with Crippen LogP contribution in [-0.2, 0) is 0 Å². The summed E-state index contributed by atoms with van der Waals surface area (Å²) in [6, 6.07) is 13.3. The van der Waals surface area contributed by atoms with E-state index in [0.717, 1.165) is 17.1 Å². The van der Waals surface area contributed by atoms with Gasteiger partial charge in [0, 0.05) is 11.2 Å². The van der Waals surface area contributed by atoms with Crippen LogP contribution in [0.2, 0.25) is 5.02 Å². The predicted octanol–water partition coefficient (Wildman–Crippen LogP) is 2.98. The molecule has 2 heterocycles. The monoisotopic (exact) mass is 256 g/mol. The molecular formula is C13H9ClN4. The zero-order chi connectivity index (χ0) is 12.4. The summed E-state index contributed by atoms with van der Waals surface area (Å²) in [5, 5.41) is 8.65. The summed E-state index contributed by atoms with van der Waals surface area (Å²) in [4.78, 5) is 4.28. The van der Waals surface area contributed by atoms with Crippen LogP contribution in [0.4, 0.5) is 0 Å². The number of pyridine rings is 1. The van der Waals surface area contributed by atoms with Crippen molar-refractivity contribution in [3.63, 3.8) is 0 Å². The number of benzene rings is 1. The number of aromatic nitrogens is 4. The first-order valence-corrected chi connectivity index (χ1v) is 5.80. The maximum absolute atomic E-state index is 5.97. The topological polar surface area (TPSA) is 43.6 Å². The van der Waals surface area contributed by atoms with Crippen molar-refractivity contribution in [2.75, 3.05) is 0 Å². The Morgan fingerprint density at radius 3 is 2.67 bits per heavy atom. The average molecular weight is 257 g/mol. The van der Waals surface area contributed by atoms with Gasteiger partial charge in [-0.2, -0.15) is 0 Å². The van der Waals surface area contributed by atoms with Gasteiger partial charge in [-0.1, -0.05) is 35.0 Å². The summed E-state index contributed by atoms with van der Waals surface area (Å²) < 4.78 is 1.73. The Kier molecular flexibility index (Phi) is 2.78. The van der Waals surface area contributed by atoms with Crippen LogP contribution in [0.3, 0.4) is 0 Å². The second-order valence-corrected chi connectivity index (χ2v) is 4.16. The lowest BCUT2D eigenvalue weighted by Crippen LogP contribution is -1.99. The summed E-state index contributed by atoms with van der Waals surface area (Å²) in [6.07, 6.45) is 3.34. The van der Waals surface area contributed by atoms with Crippen LogP contribution in [0.1, 0.15) is 0 Å². The normalized spacial score (nSPS) is 10.5. The zero-order valence-electron chi connectivity index (χ0n) is 9.36. The molecule has 0 aliphatic rings. The highest BCUT2D eigenvalue weighted by Crippen LogP contribution is 2.21. The Morgan fingerprint density at radius 2 is 1.89 bits per heavy atom. The van der Waals surface area contributed by atoms with Gasteiger partial charge in [0.25, 0.3) is 0 Å². The summed E-state index contributed by atoms with van der Waals surface area (Å²) in [7, 11) is 0. The van der Waals surface area contributed by atoms with Gasteiger partial charge in [0.15, 0.2) is 0 Å². The van der Waals surface area contributed by atoms with Crippen LogP contribution in [0, 0.1) is 0 Å².